The molecule has 1 aliphatic carbocycles. The maximum absolute atomic E-state index is 13.3. The Morgan fingerprint density at radius 3 is 2.50 bits per heavy atom. The molecule has 0 amide bonds. The van der Waals surface area contributed by atoms with E-state index in [1.54, 1.807) is 12.1 Å². The molecular weight excluding hydrogens is 256 g/mol. The second-order valence-corrected chi connectivity index (χ2v) is 5.58. The Bertz CT molecular complexity index is 598. The highest BCUT2D eigenvalue weighted by Gasteiger charge is 2.30. The minimum atomic E-state index is -0.214. The molecule has 20 heavy (non-hydrogen) atoms. The smallest absolute Gasteiger partial charge is 0.125 e. The molecule has 104 valence electrons. The Kier molecular flexibility index (Phi) is 3.43. The van der Waals surface area contributed by atoms with Crippen LogP contribution in [0.4, 0.5) is 14.5 Å². The topological polar surface area (TPSA) is 12.0 Å². The number of hydrogen-bond donors (Lipinski definition) is 1. The van der Waals surface area contributed by atoms with Crippen molar-refractivity contribution in [3.05, 3.63) is 65.2 Å². The van der Waals surface area contributed by atoms with Crippen LogP contribution in [0.1, 0.15) is 29.9 Å². The quantitative estimate of drug-likeness (QED) is 0.859. The van der Waals surface area contributed by atoms with Gasteiger partial charge in [0.05, 0.1) is 0 Å². The molecule has 3 heteroatoms. The van der Waals surface area contributed by atoms with E-state index in [9.17, 15) is 8.78 Å². The Morgan fingerprint density at radius 2 is 1.80 bits per heavy atom. The maximum atomic E-state index is 13.3. The highest BCUT2D eigenvalue weighted by atomic mass is 19.1. The summed E-state index contributed by atoms with van der Waals surface area (Å²) in [6.45, 7) is 1.88. The fourth-order valence-electron chi connectivity index (χ4n) is 2.82. The number of aryl methyl sites for hydroxylation is 1. The van der Waals surface area contributed by atoms with Crippen molar-refractivity contribution in [3.8, 4) is 0 Å². The van der Waals surface area contributed by atoms with Crippen LogP contribution in [0.25, 0.3) is 0 Å². The summed E-state index contributed by atoms with van der Waals surface area (Å²) in [5, 5.41) is 3.34. The monoisotopic (exact) mass is 273 g/mol. The maximum Gasteiger partial charge on any atom is 0.125 e. The molecule has 0 bridgehead atoms. The number of anilines is 1. The lowest BCUT2D eigenvalue weighted by atomic mass is 9.76. The third-order valence-corrected chi connectivity index (χ3v) is 3.87. The van der Waals surface area contributed by atoms with Crippen molar-refractivity contribution in [1.29, 1.82) is 0 Å². The minimum Gasteiger partial charge on any atom is -0.382 e. The van der Waals surface area contributed by atoms with E-state index < -0.39 is 0 Å². The minimum absolute atomic E-state index is 0.181. The van der Waals surface area contributed by atoms with Crippen LogP contribution in [0.2, 0.25) is 0 Å². The number of rotatable bonds is 3. The molecular formula is C17H17F2N. The first-order valence-electron chi connectivity index (χ1n) is 6.89. The van der Waals surface area contributed by atoms with Gasteiger partial charge < -0.3 is 5.32 Å². The molecule has 0 unspecified atom stereocenters. The Labute approximate surface area is 117 Å². The third kappa shape index (κ3) is 2.82. The molecule has 1 N–H and O–H groups in total. The fraction of sp³-hybridized carbons (Fsp3) is 0.294. The van der Waals surface area contributed by atoms with Crippen LogP contribution < -0.4 is 5.32 Å². The largest absolute Gasteiger partial charge is 0.382 e. The van der Waals surface area contributed by atoms with E-state index in [1.807, 2.05) is 19.1 Å². The molecule has 1 aliphatic rings. The normalized spacial score (nSPS) is 21.4. The molecule has 3 rings (SSSR count). The van der Waals surface area contributed by atoms with E-state index in [0.29, 0.717) is 12.0 Å². The van der Waals surface area contributed by atoms with Crippen molar-refractivity contribution in [2.45, 2.75) is 31.7 Å². The van der Waals surface area contributed by atoms with Gasteiger partial charge in [-0.05, 0) is 67.1 Å². The van der Waals surface area contributed by atoms with E-state index in [4.69, 9.17) is 0 Å². The first kappa shape index (κ1) is 13.1. The molecule has 0 radical (unpaired) electrons. The first-order valence-corrected chi connectivity index (χ1v) is 6.89. The van der Waals surface area contributed by atoms with Crippen LogP contribution in [0, 0.1) is 18.6 Å². The van der Waals surface area contributed by atoms with Crippen LogP contribution in [0.3, 0.4) is 0 Å². The Morgan fingerprint density at radius 1 is 1.00 bits per heavy atom. The van der Waals surface area contributed by atoms with Gasteiger partial charge in [0.2, 0.25) is 0 Å². The predicted molar refractivity (Wildman–Crippen MR) is 76.9 cm³/mol. The van der Waals surface area contributed by atoms with Gasteiger partial charge in [0.25, 0.3) is 0 Å². The summed E-state index contributed by atoms with van der Waals surface area (Å²) >= 11 is 0. The summed E-state index contributed by atoms with van der Waals surface area (Å²) in [7, 11) is 0. The van der Waals surface area contributed by atoms with E-state index in [2.05, 4.69) is 5.32 Å². The summed E-state index contributed by atoms with van der Waals surface area (Å²) in [4.78, 5) is 0. The number of nitrogens with one attached hydrogen (secondary N) is 1. The molecule has 1 fully saturated rings. The number of hydrogen-bond acceptors (Lipinski definition) is 1. The molecule has 1 saturated carbocycles. The van der Waals surface area contributed by atoms with Crippen molar-refractivity contribution < 1.29 is 8.78 Å². The molecule has 0 aliphatic heterocycles. The zero-order valence-corrected chi connectivity index (χ0v) is 11.4. The van der Waals surface area contributed by atoms with E-state index in [0.717, 1.165) is 29.7 Å². The van der Waals surface area contributed by atoms with Crippen LogP contribution in [0.15, 0.2) is 42.5 Å². The lowest BCUT2D eigenvalue weighted by Crippen LogP contribution is -2.34. The molecule has 2 aromatic rings. The number of benzene rings is 2. The van der Waals surface area contributed by atoms with Gasteiger partial charge in [-0.3, -0.25) is 0 Å². The molecule has 1 nitrogen and oxygen atoms in total. The average Bonchev–Trinajstić information content (AvgIpc) is 2.32. The van der Waals surface area contributed by atoms with Gasteiger partial charge in [0, 0.05) is 11.7 Å². The predicted octanol–water partition coefficient (Wildman–Crippen LogP) is 4.63. The molecule has 0 heterocycles. The Hall–Kier alpha value is -1.90. The van der Waals surface area contributed by atoms with Crippen molar-refractivity contribution in [3.63, 3.8) is 0 Å². The van der Waals surface area contributed by atoms with Crippen LogP contribution in [-0.2, 0) is 0 Å². The van der Waals surface area contributed by atoms with Gasteiger partial charge in [-0.25, -0.2) is 8.78 Å². The van der Waals surface area contributed by atoms with E-state index >= 15 is 0 Å². The second-order valence-electron chi connectivity index (χ2n) is 5.58. The summed E-state index contributed by atoms with van der Waals surface area (Å²) in [6.07, 6.45) is 1.91. The molecule has 2 aromatic carbocycles. The van der Waals surface area contributed by atoms with Gasteiger partial charge >= 0.3 is 0 Å². The average molecular weight is 273 g/mol. The standard InChI is InChI=1S/C17H17F2N/c1-11-5-15(19)10-16(6-11)20-17-8-13(9-17)12-3-2-4-14(18)7-12/h2-7,10,13,17,20H,8-9H2,1H3. The highest BCUT2D eigenvalue weighted by molar-refractivity contribution is 5.47. The zero-order valence-electron chi connectivity index (χ0n) is 11.4. The van der Waals surface area contributed by atoms with Gasteiger partial charge in [0.1, 0.15) is 11.6 Å². The van der Waals surface area contributed by atoms with Gasteiger partial charge in [-0.2, -0.15) is 0 Å². The molecule has 0 spiro atoms. The van der Waals surface area contributed by atoms with Gasteiger partial charge in [0.15, 0.2) is 0 Å². The SMILES string of the molecule is Cc1cc(F)cc(NC2CC(c3cccc(F)c3)C2)c1. The Balaban J connectivity index is 1.61. The fourth-order valence-corrected chi connectivity index (χ4v) is 2.82. The lowest BCUT2D eigenvalue weighted by Gasteiger charge is -2.37. The van der Waals surface area contributed by atoms with Crippen LogP contribution >= 0.6 is 0 Å². The van der Waals surface area contributed by atoms with Crippen molar-refractivity contribution in [2.75, 3.05) is 5.32 Å². The summed E-state index contributed by atoms with van der Waals surface area (Å²) in [6, 6.07) is 12.1. The molecule has 0 atom stereocenters. The second kappa shape index (κ2) is 5.23. The molecule has 0 saturated heterocycles. The van der Waals surface area contributed by atoms with Crippen molar-refractivity contribution in [1.82, 2.24) is 0 Å². The van der Waals surface area contributed by atoms with Gasteiger partial charge in [-0.15, -0.1) is 0 Å². The summed E-state index contributed by atoms with van der Waals surface area (Å²) in [5.74, 6) is 0.00558. The van der Waals surface area contributed by atoms with Crippen molar-refractivity contribution >= 4 is 5.69 Å². The van der Waals surface area contributed by atoms with Crippen molar-refractivity contribution in [2.24, 2.45) is 0 Å². The highest BCUT2D eigenvalue weighted by Crippen LogP contribution is 2.38. The number of halogens is 2. The van der Waals surface area contributed by atoms with E-state index in [1.165, 1.54) is 18.2 Å². The summed E-state index contributed by atoms with van der Waals surface area (Å²) in [5.41, 5.74) is 2.79. The van der Waals surface area contributed by atoms with Gasteiger partial charge in [-0.1, -0.05) is 12.1 Å². The third-order valence-electron chi connectivity index (χ3n) is 3.87. The lowest BCUT2D eigenvalue weighted by molar-refractivity contribution is 0.373. The molecule has 0 aromatic heterocycles. The first-order chi connectivity index (χ1) is 9.60. The summed E-state index contributed by atoms with van der Waals surface area (Å²) < 4.78 is 26.5. The van der Waals surface area contributed by atoms with E-state index in [-0.39, 0.29) is 11.6 Å². The zero-order chi connectivity index (χ0) is 14.1. The van der Waals surface area contributed by atoms with Crippen LogP contribution in [0.5, 0.6) is 0 Å². The van der Waals surface area contributed by atoms with Crippen LogP contribution in [-0.4, -0.2) is 6.04 Å².